The average Bonchev–Trinajstić information content (AvgIpc) is 2.73. The summed E-state index contributed by atoms with van der Waals surface area (Å²) in [6, 6.07) is 14.2. The number of methoxy groups -OCH3 is 1. The van der Waals surface area contributed by atoms with Crippen molar-refractivity contribution >= 4 is 35.1 Å². The van der Waals surface area contributed by atoms with Crippen LogP contribution in [0.3, 0.4) is 0 Å². The van der Waals surface area contributed by atoms with Crippen molar-refractivity contribution in [2.45, 2.75) is 6.61 Å². The quantitative estimate of drug-likeness (QED) is 0.358. The molecule has 0 amide bonds. The normalized spacial score (nSPS) is 10.8. The Morgan fingerprint density at radius 1 is 1.11 bits per heavy atom. The van der Waals surface area contributed by atoms with E-state index in [2.05, 4.69) is 4.98 Å². The smallest absolute Gasteiger partial charge is 0.187 e. The van der Waals surface area contributed by atoms with Crippen LogP contribution in [0.1, 0.15) is 21.5 Å². The third kappa shape index (κ3) is 4.91. The molecule has 0 unspecified atom stereocenters. The van der Waals surface area contributed by atoms with Crippen molar-refractivity contribution < 1.29 is 14.3 Å². The Morgan fingerprint density at radius 2 is 1.96 bits per heavy atom. The van der Waals surface area contributed by atoms with Gasteiger partial charge in [0.1, 0.15) is 23.1 Å². The molecule has 0 aliphatic rings. The van der Waals surface area contributed by atoms with Crippen LogP contribution in [0.15, 0.2) is 67.0 Å². The zero-order valence-electron chi connectivity index (χ0n) is 15.1. The van der Waals surface area contributed by atoms with Crippen LogP contribution in [-0.2, 0) is 6.61 Å². The number of pyridine rings is 1. The number of ether oxygens (including phenoxy) is 2. The van der Waals surface area contributed by atoms with Crippen molar-refractivity contribution in [1.82, 2.24) is 4.98 Å². The standard InChI is InChI=1S/C22H17Cl2NO3/c1-27-20-10-8-15(7-9-19(26)16-4-3-11-25-13-16)12-17(20)14-28-21-6-2-5-18(23)22(21)24/h2-13H,14H2,1H3/b9-7+. The van der Waals surface area contributed by atoms with Gasteiger partial charge in [-0.05, 0) is 48.0 Å². The number of hydrogen-bond donors (Lipinski definition) is 0. The molecular weight excluding hydrogens is 397 g/mol. The van der Waals surface area contributed by atoms with Gasteiger partial charge >= 0.3 is 0 Å². The van der Waals surface area contributed by atoms with E-state index in [4.69, 9.17) is 32.7 Å². The van der Waals surface area contributed by atoms with E-state index in [1.54, 1.807) is 49.7 Å². The van der Waals surface area contributed by atoms with Gasteiger partial charge in [-0.25, -0.2) is 0 Å². The van der Waals surface area contributed by atoms with Crippen LogP contribution < -0.4 is 9.47 Å². The summed E-state index contributed by atoms with van der Waals surface area (Å²) in [7, 11) is 1.59. The molecule has 1 aromatic heterocycles. The number of hydrogen-bond acceptors (Lipinski definition) is 4. The highest BCUT2D eigenvalue weighted by Gasteiger charge is 2.09. The molecule has 6 heteroatoms. The molecule has 0 aliphatic heterocycles. The van der Waals surface area contributed by atoms with Crippen LogP contribution in [0, 0.1) is 0 Å². The average molecular weight is 414 g/mol. The summed E-state index contributed by atoms with van der Waals surface area (Å²) in [4.78, 5) is 16.2. The van der Waals surface area contributed by atoms with E-state index in [0.717, 1.165) is 11.1 Å². The van der Waals surface area contributed by atoms with Gasteiger partial charge < -0.3 is 9.47 Å². The van der Waals surface area contributed by atoms with Gasteiger partial charge in [0.15, 0.2) is 5.78 Å². The molecule has 142 valence electrons. The van der Waals surface area contributed by atoms with Gasteiger partial charge in [-0.2, -0.15) is 0 Å². The van der Waals surface area contributed by atoms with Crippen molar-refractivity contribution in [1.29, 1.82) is 0 Å². The number of aromatic nitrogens is 1. The van der Waals surface area contributed by atoms with E-state index >= 15 is 0 Å². The monoisotopic (exact) mass is 413 g/mol. The summed E-state index contributed by atoms with van der Waals surface area (Å²) >= 11 is 12.2. The lowest BCUT2D eigenvalue weighted by Crippen LogP contribution is -2.00. The number of nitrogens with zero attached hydrogens (tertiary/aromatic N) is 1. The highest BCUT2D eigenvalue weighted by Crippen LogP contribution is 2.32. The zero-order chi connectivity index (χ0) is 19.9. The van der Waals surface area contributed by atoms with Gasteiger partial charge in [0.2, 0.25) is 0 Å². The number of allylic oxidation sites excluding steroid dienone is 1. The molecule has 3 rings (SSSR count). The first kappa shape index (κ1) is 19.9. The second-order valence-corrected chi connectivity index (χ2v) is 6.64. The summed E-state index contributed by atoms with van der Waals surface area (Å²) in [5.41, 5.74) is 2.19. The molecular formula is C22H17Cl2NO3. The SMILES string of the molecule is COc1ccc(/C=C/C(=O)c2cccnc2)cc1COc1cccc(Cl)c1Cl. The van der Waals surface area contributed by atoms with Crippen molar-refractivity contribution in [3.05, 3.63) is 93.7 Å². The molecule has 28 heavy (non-hydrogen) atoms. The number of rotatable bonds is 7. The molecule has 3 aromatic rings. The predicted molar refractivity (Wildman–Crippen MR) is 111 cm³/mol. The topological polar surface area (TPSA) is 48.4 Å². The van der Waals surface area contributed by atoms with Crippen LogP contribution in [0.25, 0.3) is 6.08 Å². The molecule has 4 nitrogen and oxygen atoms in total. The summed E-state index contributed by atoms with van der Waals surface area (Å²) in [5, 5.41) is 0.790. The lowest BCUT2D eigenvalue weighted by Gasteiger charge is -2.12. The van der Waals surface area contributed by atoms with Crippen LogP contribution in [0.5, 0.6) is 11.5 Å². The maximum atomic E-state index is 12.2. The van der Waals surface area contributed by atoms with Crippen LogP contribution >= 0.6 is 23.2 Å². The Balaban J connectivity index is 1.77. The molecule has 0 fully saturated rings. The summed E-state index contributed by atoms with van der Waals surface area (Å²) in [6.07, 6.45) is 6.42. The molecule has 1 heterocycles. The number of halogens is 2. The molecule has 2 aromatic carbocycles. The first-order chi connectivity index (χ1) is 13.6. The zero-order valence-corrected chi connectivity index (χ0v) is 16.6. The van der Waals surface area contributed by atoms with Crippen LogP contribution in [0.4, 0.5) is 0 Å². The number of carbonyl (C=O) groups is 1. The van der Waals surface area contributed by atoms with E-state index in [0.29, 0.717) is 27.1 Å². The Labute approximate surface area is 173 Å². The fourth-order valence-corrected chi connectivity index (χ4v) is 2.89. The fourth-order valence-electron chi connectivity index (χ4n) is 2.54. The van der Waals surface area contributed by atoms with Crippen molar-refractivity contribution in [2.75, 3.05) is 7.11 Å². The summed E-state index contributed by atoms with van der Waals surface area (Å²) in [5.74, 6) is 1.05. The van der Waals surface area contributed by atoms with Gasteiger partial charge in [-0.15, -0.1) is 0 Å². The molecule has 0 aliphatic carbocycles. The Bertz CT molecular complexity index is 1000. The van der Waals surface area contributed by atoms with E-state index in [1.807, 2.05) is 18.2 Å². The molecule has 0 radical (unpaired) electrons. The largest absolute Gasteiger partial charge is 0.496 e. The molecule has 0 saturated carbocycles. The Kier molecular flexibility index (Phi) is 6.69. The van der Waals surface area contributed by atoms with Gasteiger partial charge in [-0.1, -0.05) is 41.4 Å². The highest BCUT2D eigenvalue weighted by atomic mass is 35.5. The Hall–Kier alpha value is -2.82. The van der Waals surface area contributed by atoms with Crippen LogP contribution in [-0.4, -0.2) is 17.9 Å². The van der Waals surface area contributed by atoms with E-state index in [9.17, 15) is 4.79 Å². The molecule has 0 saturated heterocycles. The van der Waals surface area contributed by atoms with E-state index in [1.165, 1.54) is 12.3 Å². The van der Waals surface area contributed by atoms with Gasteiger partial charge in [-0.3, -0.25) is 9.78 Å². The maximum Gasteiger partial charge on any atom is 0.187 e. The van der Waals surface area contributed by atoms with Gasteiger partial charge in [0.05, 0.1) is 12.1 Å². The number of benzene rings is 2. The lowest BCUT2D eigenvalue weighted by molar-refractivity contribution is 0.104. The number of carbonyl (C=O) groups excluding carboxylic acids is 1. The minimum atomic E-state index is -0.118. The van der Waals surface area contributed by atoms with Gasteiger partial charge in [0.25, 0.3) is 0 Å². The highest BCUT2D eigenvalue weighted by molar-refractivity contribution is 6.42. The molecule has 0 N–H and O–H groups in total. The second kappa shape index (κ2) is 9.40. The van der Waals surface area contributed by atoms with Crippen LogP contribution in [0.2, 0.25) is 10.0 Å². The Morgan fingerprint density at radius 3 is 2.71 bits per heavy atom. The minimum Gasteiger partial charge on any atom is -0.496 e. The lowest BCUT2D eigenvalue weighted by atomic mass is 10.1. The summed E-state index contributed by atoms with van der Waals surface area (Å²) < 4.78 is 11.2. The van der Waals surface area contributed by atoms with Crippen molar-refractivity contribution in [3.8, 4) is 11.5 Å². The van der Waals surface area contributed by atoms with Gasteiger partial charge in [0, 0.05) is 23.5 Å². The summed E-state index contributed by atoms with van der Waals surface area (Å²) in [6.45, 7) is 0.238. The number of ketones is 1. The molecule has 0 spiro atoms. The minimum absolute atomic E-state index is 0.118. The third-order valence-corrected chi connectivity index (χ3v) is 4.78. The van der Waals surface area contributed by atoms with Crippen molar-refractivity contribution in [3.63, 3.8) is 0 Å². The third-order valence-electron chi connectivity index (χ3n) is 3.98. The molecule has 0 atom stereocenters. The first-order valence-corrected chi connectivity index (χ1v) is 9.20. The van der Waals surface area contributed by atoms with E-state index in [-0.39, 0.29) is 12.4 Å². The fraction of sp³-hybridized carbons (Fsp3) is 0.0909. The second-order valence-electron chi connectivity index (χ2n) is 5.85. The maximum absolute atomic E-state index is 12.2. The van der Waals surface area contributed by atoms with E-state index < -0.39 is 0 Å². The first-order valence-electron chi connectivity index (χ1n) is 8.44. The molecule has 0 bridgehead atoms. The van der Waals surface area contributed by atoms with Crippen molar-refractivity contribution in [2.24, 2.45) is 0 Å². The predicted octanol–water partition coefficient (Wildman–Crippen LogP) is 5.87.